The molecule has 36 nitrogen and oxygen atoms in total. The molecule has 8 atom stereocenters. The molecule has 0 fully saturated rings. The minimum Gasteiger partial charge on any atom is -0.481 e. The lowest BCUT2D eigenvalue weighted by atomic mass is 10.0. The molecule has 0 bridgehead atoms. The molecule has 36 heteroatoms. The first-order valence-corrected chi connectivity index (χ1v) is 28.5. The molecular formula is C56H75N15O21. The largest absolute Gasteiger partial charge is 0.481 e. The Hall–Kier alpha value is -10.9. The van der Waals surface area contributed by atoms with E-state index in [0.29, 0.717) is 30.5 Å². The van der Waals surface area contributed by atoms with Crippen LogP contribution in [0.15, 0.2) is 66.9 Å². The van der Waals surface area contributed by atoms with Gasteiger partial charge in [-0.3, -0.25) is 81.4 Å². The molecule has 0 saturated heterocycles. The van der Waals surface area contributed by atoms with Gasteiger partial charge in [0.05, 0.1) is 63.5 Å². The molecule has 11 amide bonds. The van der Waals surface area contributed by atoms with Crippen molar-refractivity contribution >= 4 is 94.8 Å². The number of benzene rings is 2. The average Bonchev–Trinajstić information content (AvgIpc) is 1.15. The zero-order chi connectivity index (χ0) is 68.5. The van der Waals surface area contributed by atoms with Gasteiger partial charge in [0.25, 0.3) is 0 Å². The van der Waals surface area contributed by atoms with Crippen LogP contribution in [0.4, 0.5) is 0 Å². The SMILES string of the molecule is CCCc1cn(CCCCC(NC(=O)C(Cc2ccccc2)NC(=O)C(Cc2ccccc2)NC(=O)C(CC(=O)O)NC(=O)C(CC(=O)O)NC(=O)C(CC(=O)O)NC(=O)CNC(=O)CNC(=O)CNC(=O)C(CC(=O)O)NC(=O)C(CC(=O)O)NC)C(N)=O)nn1. The Balaban J connectivity index is 1.74. The van der Waals surface area contributed by atoms with Gasteiger partial charge in [-0.15, -0.1) is 5.10 Å². The molecule has 1 heterocycles. The monoisotopic (exact) mass is 1290 g/mol. The molecule has 2 aromatic carbocycles. The molecule has 0 aliphatic carbocycles. The first-order chi connectivity index (χ1) is 43.6. The highest BCUT2D eigenvalue weighted by Crippen LogP contribution is 2.11. The molecule has 0 aliphatic heterocycles. The Labute approximate surface area is 524 Å². The van der Waals surface area contributed by atoms with Gasteiger partial charge in [-0.25, -0.2) is 0 Å². The number of aromatic nitrogens is 3. The molecular weight excluding hydrogens is 1220 g/mol. The van der Waals surface area contributed by atoms with Crippen LogP contribution in [0.2, 0.25) is 0 Å². The lowest BCUT2D eigenvalue weighted by Crippen LogP contribution is -2.60. The summed E-state index contributed by atoms with van der Waals surface area (Å²) in [6, 6.07) is 2.36. The number of primary amides is 1. The number of likely N-dealkylation sites (N-methyl/N-ethyl adjacent to an activating group) is 1. The van der Waals surface area contributed by atoms with Gasteiger partial charge in [0.15, 0.2) is 0 Å². The highest BCUT2D eigenvalue weighted by Gasteiger charge is 2.36. The summed E-state index contributed by atoms with van der Waals surface area (Å²) in [5.41, 5.74) is 7.51. The number of aliphatic carboxylic acids is 5. The van der Waals surface area contributed by atoms with Gasteiger partial charge in [-0.2, -0.15) is 0 Å². The highest BCUT2D eigenvalue weighted by atomic mass is 16.4. The maximum Gasteiger partial charge on any atom is 0.305 e. The van der Waals surface area contributed by atoms with E-state index in [1.54, 1.807) is 65.3 Å². The second-order valence-corrected chi connectivity index (χ2v) is 20.6. The maximum atomic E-state index is 14.4. The second-order valence-electron chi connectivity index (χ2n) is 20.6. The van der Waals surface area contributed by atoms with Crippen molar-refractivity contribution < 1.29 is 102 Å². The number of carboxylic acid groups (broad SMARTS) is 5. The van der Waals surface area contributed by atoms with Crippen LogP contribution in [-0.2, 0) is 103 Å². The van der Waals surface area contributed by atoms with Crippen molar-refractivity contribution in [2.45, 2.75) is 139 Å². The molecule has 3 rings (SSSR count). The topological polar surface area (TPSA) is 563 Å². The summed E-state index contributed by atoms with van der Waals surface area (Å²) in [7, 11) is 1.23. The number of nitrogens with zero attached hydrogens (tertiary/aromatic N) is 3. The van der Waals surface area contributed by atoms with Crippen molar-refractivity contribution in [1.29, 1.82) is 0 Å². The summed E-state index contributed by atoms with van der Waals surface area (Å²) in [5.74, 6) is -21.0. The minimum absolute atomic E-state index is 0.0990. The Kier molecular flexibility index (Phi) is 32.0. The zero-order valence-corrected chi connectivity index (χ0v) is 50.0. The molecule has 18 N–H and O–H groups in total. The third-order valence-corrected chi connectivity index (χ3v) is 13.1. The van der Waals surface area contributed by atoms with E-state index in [1.807, 2.05) is 45.0 Å². The summed E-state index contributed by atoms with van der Waals surface area (Å²) in [6.07, 6.45) is -1.51. The van der Waals surface area contributed by atoms with Crippen LogP contribution < -0.4 is 64.2 Å². The number of carbonyl (C=O) groups excluding carboxylic acids is 11. The van der Waals surface area contributed by atoms with Crippen molar-refractivity contribution in [1.82, 2.24) is 73.5 Å². The lowest BCUT2D eigenvalue weighted by molar-refractivity contribution is -0.144. The van der Waals surface area contributed by atoms with Crippen LogP contribution in [0.25, 0.3) is 0 Å². The Bertz CT molecular complexity index is 3110. The smallest absolute Gasteiger partial charge is 0.305 e. The molecule has 8 unspecified atom stereocenters. The average molecular weight is 1290 g/mol. The van der Waals surface area contributed by atoms with E-state index in [1.165, 1.54) is 7.05 Å². The standard InChI is InChI=1S/C56H75N15O21/c1-3-12-32-29-71(70-69-32)18-11-10-17-33(49(57)85)63-52(88)35(19-30-13-6-4-7-14-30)64-53(89)36(20-31-15-8-5-9-16-31)65-55(91)39(24-47(81)82)68-56(92)40(25-48(83)84)67-54(90)38(23-46(79)80)62-43(74)28-60-41(72)26-59-42(73)27-61-50(86)37(22-45(77)78)66-51(87)34(58-2)21-44(75)76/h4-9,13-16,29,33-40,58H,3,10-12,17-28H2,1-2H3,(H2,57,85)(H,59,73)(H,60,72)(H,61,86)(H,62,74)(H,63,88)(H,64,89)(H,65,91)(H,66,87)(H,67,90)(H,68,92)(H,75,76)(H,77,78)(H,79,80)(H,81,82)(H,83,84). The van der Waals surface area contributed by atoms with E-state index >= 15 is 0 Å². The number of hydrogen-bond acceptors (Lipinski definition) is 19. The number of aryl methyl sites for hydroxylation is 2. The van der Waals surface area contributed by atoms with Gasteiger partial charge in [-0.05, 0) is 43.9 Å². The van der Waals surface area contributed by atoms with Crippen LogP contribution >= 0.6 is 0 Å². The number of amides is 11. The molecule has 0 radical (unpaired) electrons. The van der Waals surface area contributed by atoms with Crippen LogP contribution in [0.3, 0.4) is 0 Å². The van der Waals surface area contributed by atoms with E-state index in [4.69, 9.17) is 10.8 Å². The molecule has 3 aromatic rings. The maximum absolute atomic E-state index is 14.4. The van der Waals surface area contributed by atoms with Crippen LogP contribution in [-0.4, -0.2) is 210 Å². The van der Waals surface area contributed by atoms with E-state index in [2.05, 4.69) is 36.9 Å². The third-order valence-electron chi connectivity index (χ3n) is 13.1. The Morgan fingerprint density at radius 2 is 0.804 bits per heavy atom. The third kappa shape index (κ3) is 28.9. The number of nitrogens with two attached hydrogens (primary N) is 1. The van der Waals surface area contributed by atoms with Crippen molar-refractivity contribution in [2.75, 3.05) is 26.7 Å². The van der Waals surface area contributed by atoms with Crippen molar-refractivity contribution in [3.05, 3.63) is 83.7 Å². The van der Waals surface area contributed by atoms with Crippen molar-refractivity contribution in [2.24, 2.45) is 5.73 Å². The van der Waals surface area contributed by atoms with E-state index in [9.17, 15) is 97.1 Å². The second kappa shape index (κ2) is 39.1. The quantitative estimate of drug-likeness (QED) is 0.0235. The summed E-state index contributed by atoms with van der Waals surface area (Å²) in [5, 5.41) is 79.7. The Morgan fingerprint density at radius 1 is 0.446 bits per heavy atom. The van der Waals surface area contributed by atoms with Gasteiger partial charge in [-0.1, -0.05) is 79.2 Å². The highest BCUT2D eigenvalue weighted by molar-refractivity contribution is 6.00. The van der Waals surface area contributed by atoms with Gasteiger partial charge < -0.3 is 89.8 Å². The first-order valence-electron chi connectivity index (χ1n) is 28.5. The first kappa shape index (κ1) is 75.3. The van der Waals surface area contributed by atoms with Crippen molar-refractivity contribution in [3.8, 4) is 0 Å². The fraction of sp³-hybridized carbons (Fsp3) is 0.464. The fourth-order valence-corrected chi connectivity index (χ4v) is 8.53. The van der Waals surface area contributed by atoms with E-state index < -0.39 is 195 Å². The number of carboxylic acids is 5. The molecule has 0 spiro atoms. The van der Waals surface area contributed by atoms with Crippen molar-refractivity contribution in [3.63, 3.8) is 0 Å². The van der Waals surface area contributed by atoms with Gasteiger partial charge in [0.2, 0.25) is 65.0 Å². The summed E-state index contributed by atoms with van der Waals surface area (Å²) >= 11 is 0. The molecule has 500 valence electrons. The number of nitrogens with one attached hydrogen (secondary N) is 11. The molecule has 92 heavy (non-hydrogen) atoms. The predicted octanol–water partition coefficient (Wildman–Crippen LogP) is -5.92. The molecule has 1 aromatic heterocycles. The van der Waals surface area contributed by atoms with Crippen LogP contribution in [0, 0.1) is 0 Å². The predicted molar refractivity (Wildman–Crippen MR) is 314 cm³/mol. The number of carbonyl (C=O) groups is 16. The number of hydrogen-bond donors (Lipinski definition) is 17. The Morgan fingerprint density at radius 3 is 1.22 bits per heavy atom. The number of unbranched alkanes of at least 4 members (excludes halogenated alkanes) is 1. The van der Waals surface area contributed by atoms with Gasteiger partial charge in [0, 0.05) is 25.6 Å². The minimum atomic E-state index is -2.24. The summed E-state index contributed by atoms with van der Waals surface area (Å²) in [6.45, 7) is -0.333. The van der Waals surface area contributed by atoms with Crippen LogP contribution in [0.1, 0.15) is 81.5 Å². The van der Waals surface area contributed by atoms with Gasteiger partial charge in [0.1, 0.15) is 42.3 Å². The normalized spacial score (nSPS) is 13.4. The lowest BCUT2D eigenvalue weighted by Gasteiger charge is -2.27. The van der Waals surface area contributed by atoms with E-state index in [-0.39, 0.29) is 19.3 Å². The summed E-state index contributed by atoms with van der Waals surface area (Å²) < 4.78 is 1.66. The van der Waals surface area contributed by atoms with E-state index in [0.717, 1.165) is 18.5 Å². The zero-order valence-electron chi connectivity index (χ0n) is 50.0. The number of rotatable bonds is 43. The van der Waals surface area contributed by atoms with Crippen LogP contribution in [0.5, 0.6) is 0 Å². The van der Waals surface area contributed by atoms with Gasteiger partial charge >= 0.3 is 29.8 Å². The molecule has 0 aliphatic rings. The summed E-state index contributed by atoms with van der Waals surface area (Å²) in [4.78, 5) is 204. The molecule has 0 saturated carbocycles. The fourth-order valence-electron chi connectivity index (χ4n) is 8.53.